The number of fused-ring (bicyclic) bond motifs is 1. The Bertz CT molecular complexity index is 412. The minimum Gasteiger partial charge on any atom is -0.464 e. The smallest absolute Gasteiger partial charge is 0.356 e. The second-order valence-corrected chi connectivity index (χ2v) is 3.11. The number of aryl methyl sites for hydroxylation is 1. The zero-order chi connectivity index (χ0) is 10.1. The number of ether oxygens (including phenoxy) is 1. The molecule has 0 atom stereocenters. The molecule has 72 valence electrons. The molecule has 4 heteroatoms. The fraction of sp³-hybridized carbons (Fsp3) is 0.300. The van der Waals surface area contributed by atoms with Crippen LogP contribution < -0.4 is 0 Å². The lowest BCUT2D eigenvalue weighted by atomic mass is 10.2. The van der Waals surface area contributed by atoms with Crippen LogP contribution in [0.1, 0.15) is 33.0 Å². The second-order valence-electron chi connectivity index (χ2n) is 3.11. The van der Waals surface area contributed by atoms with Gasteiger partial charge in [-0.05, 0) is 18.6 Å². The van der Waals surface area contributed by atoms with Crippen LogP contribution in [0.15, 0.2) is 12.1 Å². The number of carbonyl (C=O) groups excluding carboxylic acids is 2. The number of methoxy groups -OCH3 is 1. The number of nitrogens with zero attached hydrogens (tertiary/aromatic N) is 1. The first-order chi connectivity index (χ1) is 6.72. The van der Waals surface area contributed by atoms with E-state index in [0.717, 1.165) is 0 Å². The van der Waals surface area contributed by atoms with Gasteiger partial charge < -0.3 is 4.74 Å². The van der Waals surface area contributed by atoms with Crippen LogP contribution in [-0.2, 0) is 11.2 Å². The third kappa shape index (κ3) is 1.28. The normalized spacial score (nSPS) is 13.9. The molecule has 0 amide bonds. The predicted molar refractivity (Wildman–Crippen MR) is 48.2 cm³/mol. The van der Waals surface area contributed by atoms with Gasteiger partial charge in [-0.1, -0.05) is 0 Å². The lowest BCUT2D eigenvalue weighted by Crippen LogP contribution is -2.06. The number of hydrogen-bond acceptors (Lipinski definition) is 4. The minimum absolute atomic E-state index is 0.101. The highest BCUT2D eigenvalue weighted by molar-refractivity contribution is 6.00. The van der Waals surface area contributed by atoms with E-state index >= 15 is 0 Å². The van der Waals surface area contributed by atoms with Crippen LogP contribution in [0.5, 0.6) is 0 Å². The molecule has 1 aliphatic rings. The Labute approximate surface area is 80.9 Å². The largest absolute Gasteiger partial charge is 0.464 e. The van der Waals surface area contributed by atoms with E-state index in [1.165, 1.54) is 13.2 Å². The summed E-state index contributed by atoms with van der Waals surface area (Å²) in [5, 5.41) is 0. The first-order valence-corrected chi connectivity index (χ1v) is 4.34. The van der Waals surface area contributed by atoms with Gasteiger partial charge in [-0.2, -0.15) is 0 Å². The number of hydrogen-bond donors (Lipinski definition) is 0. The third-order valence-electron chi connectivity index (χ3n) is 2.26. The third-order valence-corrected chi connectivity index (χ3v) is 2.26. The van der Waals surface area contributed by atoms with Crippen molar-refractivity contribution in [1.82, 2.24) is 4.98 Å². The summed E-state index contributed by atoms with van der Waals surface area (Å²) in [7, 11) is 1.31. The lowest BCUT2D eigenvalue weighted by molar-refractivity contribution is 0.0593. The van der Waals surface area contributed by atoms with E-state index in [1.54, 1.807) is 6.07 Å². The average molecular weight is 191 g/mol. The molecule has 14 heavy (non-hydrogen) atoms. The van der Waals surface area contributed by atoms with Crippen LogP contribution in [0, 0.1) is 0 Å². The molecule has 0 spiro atoms. The second kappa shape index (κ2) is 3.21. The molecule has 1 aromatic rings. The summed E-state index contributed by atoms with van der Waals surface area (Å²) in [5.41, 5.74) is 1.61. The highest BCUT2D eigenvalue weighted by Crippen LogP contribution is 2.20. The van der Waals surface area contributed by atoms with Gasteiger partial charge in [0, 0.05) is 12.0 Å². The van der Waals surface area contributed by atoms with E-state index in [9.17, 15) is 9.59 Å². The van der Waals surface area contributed by atoms with E-state index in [4.69, 9.17) is 0 Å². The van der Waals surface area contributed by atoms with Gasteiger partial charge >= 0.3 is 5.97 Å². The van der Waals surface area contributed by atoms with Crippen LogP contribution in [0.3, 0.4) is 0 Å². The number of ketones is 1. The lowest BCUT2D eigenvalue weighted by Gasteiger charge is -2.00. The van der Waals surface area contributed by atoms with Crippen LogP contribution in [-0.4, -0.2) is 23.8 Å². The summed E-state index contributed by atoms with van der Waals surface area (Å²) in [5.74, 6) is -0.365. The van der Waals surface area contributed by atoms with Gasteiger partial charge in [0.1, 0.15) is 5.69 Å². The molecule has 1 aromatic heterocycles. The Morgan fingerprint density at radius 1 is 1.43 bits per heavy atom. The fourth-order valence-corrected chi connectivity index (χ4v) is 1.53. The number of carbonyl (C=O) groups is 2. The Kier molecular flexibility index (Phi) is 2.04. The van der Waals surface area contributed by atoms with E-state index in [0.29, 0.717) is 24.1 Å². The molecule has 0 unspecified atom stereocenters. The van der Waals surface area contributed by atoms with Gasteiger partial charge in [0.2, 0.25) is 0 Å². The molecule has 0 fully saturated rings. The zero-order valence-electron chi connectivity index (χ0n) is 7.74. The van der Waals surface area contributed by atoms with E-state index in [-0.39, 0.29) is 11.5 Å². The van der Waals surface area contributed by atoms with Gasteiger partial charge in [0.05, 0.1) is 12.8 Å². The van der Waals surface area contributed by atoms with Crippen molar-refractivity contribution in [2.75, 3.05) is 7.11 Å². The summed E-state index contributed by atoms with van der Waals surface area (Å²) in [6.07, 6.45) is 1.12. The quantitative estimate of drug-likeness (QED) is 0.621. The van der Waals surface area contributed by atoms with Crippen molar-refractivity contribution in [2.45, 2.75) is 12.8 Å². The first kappa shape index (κ1) is 8.87. The van der Waals surface area contributed by atoms with Crippen LogP contribution in [0.4, 0.5) is 0 Å². The van der Waals surface area contributed by atoms with Crippen molar-refractivity contribution in [3.8, 4) is 0 Å². The average Bonchev–Trinajstić information content (AvgIpc) is 2.59. The number of Topliss-reactive ketones (excluding diaryl/α,β-unsaturated/α-hetero) is 1. The number of rotatable bonds is 1. The molecule has 4 nitrogen and oxygen atoms in total. The Balaban J connectivity index is 2.42. The highest BCUT2D eigenvalue weighted by Gasteiger charge is 2.22. The maximum atomic E-state index is 11.3. The molecule has 0 aromatic carbocycles. The molecular formula is C10H9NO3. The number of esters is 1. The molecule has 0 N–H and O–H groups in total. The van der Waals surface area contributed by atoms with Gasteiger partial charge in [0.15, 0.2) is 5.78 Å². The molecule has 0 bridgehead atoms. The molecule has 0 radical (unpaired) electrons. The van der Waals surface area contributed by atoms with Crippen molar-refractivity contribution in [3.05, 3.63) is 29.1 Å². The van der Waals surface area contributed by atoms with Crippen molar-refractivity contribution in [1.29, 1.82) is 0 Å². The van der Waals surface area contributed by atoms with Gasteiger partial charge in [-0.25, -0.2) is 9.78 Å². The van der Waals surface area contributed by atoms with E-state index in [2.05, 4.69) is 9.72 Å². The summed E-state index contributed by atoms with van der Waals surface area (Å²) in [6, 6.07) is 3.16. The fourth-order valence-electron chi connectivity index (χ4n) is 1.53. The zero-order valence-corrected chi connectivity index (χ0v) is 7.74. The van der Waals surface area contributed by atoms with Crippen molar-refractivity contribution in [2.24, 2.45) is 0 Å². The van der Waals surface area contributed by atoms with Crippen LogP contribution in [0.2, 0.25) is 0 Å². The van der Waals surface area contributed by atoms with Crippen LogP contribution in [0.25, 0.3) is 0 Å². The summed E-state index contributed by atoms with van der Waals surface area (Å²) >= 11 is 0. The SMILES string of the molecule is COC(=O)c1ccc2c(n1)CCC2=O. The highest BCUT2D eigenvalue weighted by atomic mass is 16.5. The van der Waals surface area contributed by atoms with Gasteiger partial charge in [-0.15, -0.1) is 0 Å². The van der Waals surface area contributed by atoms with Crippen molar-refractivity contribution in [3.63, 3.8) is 0 Å². The standard InChI is InChI=1S/C10H9NO3/c1-14-10(13)8-3-2-6-7(11-8)4-5-9(6)12/h2-3H,4-5H2,1H3. The van der Waals surface area contributed by atoms with Gasteiger partial charge in [0.25, 0.3) is 0 Å². The monoisotopic (exact) mass is 191 g/mol. The Morgan fingerprint density at radius 2 is 2.21 bits per heavy atom. The maximum absolute atomic E-state index is 11.3. The predicted octanol–water partition coefficient (Wildman–Crippen LogP) is 0.997. The number of aromatic nitrogens is 1. The van der Waals surface area contributed by atoms with Gasteiger partial charge in [-0.3, -0.25) is 4.79 Å². The van der Waals surface area contributed by atoms with E-state index in [1.807, 2.05) is 0 Å². The summed E-state index contributed by atoms with van der Waals surface area (Å²) < 4.78 is 4.54. The molecule has 0 saturated heterocycles. The first-order valence-electron chi connectivity index (χ1n) is 4.34. The molecule has 1 heterocycles. The maximum Gasteiger partial charge on any atom is 0.356 e. The minimum atomic E-state index is -0.466. The molecule has 0 aliphatic heterocycles. The summed E-state index contributed by atoms with van der Waals surface area (Å²) in [4.78, 5) is 26.5. The summed E-state index contributed by atoms with van der Waals surface area (Å²) in [6.45, 7) is 0. The molecular weight excluding hydrogens is 182 g/mol. The molecule has 0 saturated carbocycles. The van der Waals surface area contributed by atoms with Crippen molar-refractivity contribution >= 4 is 11.8 Å². The Morgan fingerprint density at radius 3 is 2.93 bits per heavy atom. The van der Waals surface area contributed by atoms with Crippen LogP contribution >= 0.6 is 0 Å². The molecule has 2 rings (SSSR count). The van der Waals surface area contributed by atoms with E-state index < -0.39 is 5.97 Å². The Hall–Kier alpha value is -1.71. The number of pyridine rings is 1. The van der Waals surface area contributed by atoms with Crippen molar-refractivity contribution < 1.29 is 14.3 Å². The topological polar surface area (TPSA) is 56.3 Å². The molecule has 1 aliphatic carbocycles.